The van der Waals surface area contributed by atoms with E-state index in [2.05, 4.69) is 15.1 Å². The molecular weight excluding hydrogens is 369 g/mol. The second kappa shape index (κ2) is 6.95. The molecule has 11 heteroatoms. The van der Waals surface area contributed by atoms with Crippen molar-refractivity contribution >= 4 is 17.0 Å². The minimum atomic E-state index is -4.47. The van der Waals surface area contributed by atoms with Crippen molar-refractivity contribution in [2.24, 2.45) is 0 Å². The van der Waals surface area contributed by atoms with E-state index in [1.54, 1.807) is 0 Å². The van der Waals surface area contributed by atoms with Crippen LogP contribution in [0.15, 0.2) is 6.20 Å². The van der Waals surface area contributed by atoms with Crippen LogP contribution < -0.4 is 0 Å². The number of carbonyl (C=O) groups excluding carboxylic acids is 1. The molecule has 0 amide bonds. The highest BCUT2D eigenvalue weighted by atomic mass is 19.4. The molecule has 0 spiro atoms. The first-order chi connectivity index (χ1) is 12.7. The highest BCUT2D eigenvalue weighted by Gasteiger charge is 2.44. The van der Waals surface area contributed by atoms with Gasteiger partial charge in [0.15, 0.2) is 11.2 Å². The average Bonchev–Trinajstić information content (AvgIpc) is 3.02. The molecule has 27 heavy (non-hydrogen) atoms. The summed E-state index contributed by atoms with van der Waals surface area (Å²) in [7, 11) is 2.72. The molecule has 8 nitrogen and oxygen atoms in total. The van der Waals surface area contributed by atoms with Crippen LogP contribution in [-0.2, 0) is 20.8 Å². The summed E-state index contributed by atoms with van der Waals surface area (Å²) in [6.07, 6.45) is -1.74. The zero-order valence-corrected chi connectivity index (χ0v) is 14.8. The third-order valence-corrected chi connectivity index (χ3v) is 4.93. The monoisotopic (exact) mass is 388 g/mol. The fourth-order valence-electron chi connectivity index (χ4n) is 3.44. The highest BCUT2D eigenvalue weighted by Crippen LogP contribution is 2.40. The second-order valence-corrected chi connectivity index (χ2v) is 6.52. The van der Waals surface area contributed by atoms with Crippen molar-refractivity contribution in [3.8, 4) is 5.88 Å². The highest BCUT2D eigenvalue weighted by molar-refractivity contribution is 5.80. The Kier molecular flexibility index (Phi) is 4.98. The van der Waals surface area contributed by atoms with Gasteiger partial charge in [0.1, 0.15) is 17.8 Å². The number of ether oxygens (including phenoxy) is 2. The average molecular weight is 388 g/mol. The summed E-state index contributed by atoms with van der Waals surface area (Å²) in [5.74, 6) is -0.896. The molecule has 1 N–H and O–H groups in total. The van der Waals surface area contributed by atoms with Crippen LogP contribution in [-0.4, -0.2) is 56.8 Å². The van der Waals surface area contributed by atoms with E-state index in [-0.39, 0.29) is 22.8 Å². The van der Waals surface area contributed by atoms with Crippen molar-refractivity contribution < 1.29 is 32.5 Å². The van der Waals surface area contributed by atoms with Crippen LogP contribution in [0.2, 0.25) is 0 Å². The lowest BCUT2D eigenvalue weighted by Gasteiger charge is -2.36. The summed E-state index contributed by atoms with van der Waals surface area (Å²) < 4.78 is 49.0. The van der Waals surface area contributed by atoms with E-state index in [0.29, 0.717) is 30.4 Å². The smallest absolute Gasteiger partial charge is 0.408 e. The van der Waals surface area contributed by atoms with Crippen molar-refractivity contribution in [3.63, 3.8) is 0 Å². The van der Waals surface area contributed by atoms with Crippen LogP contribution in [0.4, 0.5) is 13.2 Å². The molecule has 3 rings (SSSR count). The van der Waals surface area contributed by atoms with Crippen LogP contribution >= 0.6 is 0 Å². The van der Waals surface area contributed by atoms with Gasteiger partial charge in [0.05, 0.1) is 13.3 Å². The maximum Gasteiger partial charge on any atom is 0.408 e. The van der Waals surface area contributed by atoms with Gasteiger partial charge < -0.3 is 14.6 Å². The number of esters is 1. The molecule has 1 aliphatic carbocycles. The van der Waals surface area contributed by atoms with Gasteiger partial charge in [0.2, 0.25) is 5.88 Å². The van der Waals surface area contributed by atoms with E-state index in [4.69, 9.17) is 9.47 Å². The molecule has 0 atom stereocenters. The van der Waals surface area contributed by atoms with Gasteiger partial charge in [-0.25, -0.2) is 14.5 Å². The lowest BCUT2D eigenvalue weighted by molar-refractivity contribution is -0.170. The Hall–Kier alpha value is -2.43. The molecule has 0 bridgehead atoms. The number of nitrogens with zero attached hydrogens (tertiary/aromatic N) is 4. The molecule has 0 saturated heterocycles. The van der Waals surface area contributed by atoms with Gasteiger partial charge in [-0.2, -0.15) is 23.3 Å². The fourth-order valence-corrected chi connectivity index (χ4v) is 3.44. The fraction of sp³-hybridized carbons (Fsp3) is 0.625. The lowest BCUT2D eigenvalue weighted by atomic mass is 9.78. The van der Waals surface area contributed by atoms with E-state index < -0.39 is 30.2 Å². The maximum absolute atomic E-state index is 12.7. The first-order valence-corrected chi connectivity index (χ1v) is 8.32. The van der Waals surface area contributed by atoms with Gasteiger partial charge in [-0.05, 0) is 25.7 Å². The Morgan fingerprint density at radius 1 is 1.33 bits per heavy atom. The van der Waals surface area contributed by atoms with E-state index in [1.807, 2.05) is 0 Å². The van der Waals surface area contributed by atoms with Crippen molar-refractivity contribution in [3.05, 3.63) is 12.0 Å². The molecule has 1 saturated carbocycles. The van der Waals surface area contributed by atoms with Crippen molar-refractivity contribution in [1.29, 1.82) is 0 Å². The summed E-state index contributed by atoms with van der Waals surface area (Å²) in [5.41, 5.74) is -1.12. The summed E-state index contributed by atoms with van der Waals surface area (Å²) in [6.45, 7) is -1.31. The second-order valence-electron chi connectivity index (χ2n) is 6.52. The number of fused-ring (bicyclic) bond motifs is 1. The number of hydrogen-bond acceptors (Lipinski definition) is 7. The third-order valence-electron chi connectivity index (χ3n) is 4.93. The van der Waals surface area contributed by atoms with Crippen LogP contribution in [0, 0.1) is 0 Å². The minimum absolute atomic E-state index is 0.0552. The summed E-state index contributed by atoms with van der Waals surface area (Å²) in [4.78, 5) is 20.2. The Labute approximate surface area is 152 Å². The predicted molar refractivity (Wildman–Crippen MR) is 86.0 cm³/mol. The van der Waals surface area contributed by atoms with Crippen LogP contribution in [0.5, 0.6) is 5.88 Å². The zero-order chi connectivity index (χ0) is 19.8. The quantitative estimate of drug-likeness (QED) is 0.803. The SMILES string of the molecule is COC(=O)C1(OC)CCC(c2nc(O)c3cnn(CC(F)(F)F)c3n2)CC1. The van der Waals surface area contributed by atoms with E-state index >= 15 is 0 Å². The molecule has 0 radical (unpaired) electrons. The maximum atomic E-state index is 12.7. The molecule has 0 aromatic carbocycles. The topological polar surface area (TPSA) is 99.4 Å². The predicted octanol–water partition coefficient (Wildman–Crippen LogP) is 2.31. The number of aromatic nitrogens is 4. The normalized spacial score (nSPS) is 23.5. The zero-order valence-electron chi connectivity index (χ0n) is 14.8. The van der Waals surface area contributed by atoms with Gasteiger partial charge in [0.25, 0.3) is 0 Å². The Morgan fingerprint density at radius 2 is 2.00 bits per heavy atom. The van der Waals surface area contributed by atoms with Crippen LogP contribution in [0.25, 0.3) is 11.0 Å². The number of methoxy groups -OCH3 is 2. The first-order valence-electron chi connectivity index (χ1n) is 8.32. The lowest BCUT2D eigenvalue weighted by Crippen LogP contribution is -2.44. The number of alkyl halides is 3. The third kappa shape index (κ3) is 3.68. The van der Waals surface area contributed by atoms with Crippen molar-refractivity contribution in [1.82, 2.24) is 19.7 Å². The van der Waals surface area contributed by atoms with Gasteiger partial charge in [-0.3, -0.25) is 0 Å². The largest absolute Gasteiger partial charge is 0.493 e. The van der Waals surface area contributed by atoms with Gasteiger partial charge >= 0.3 is 12.1 Å². The Balaban J connectivity index is 1.88. The summed E-state index contributed by atoms with van der Waals surface area (Å²) in [6, 6.07) is 0. The van der Waals surface area contributed by atoms with E-state index in [1.165, 1.54) is 14.2 Å². The Morgan fingerprint density at radius 3 is 2.56 bits per heavy atom. The molecule has 0 aliphatic heterocycles. The van der Waals surface area contributed by atoms with Crippen molar-refractivity contribution in [2.45, 2.75) is 49.9 Å². The number of aromatic hydroxyl groups is 1. The minimum Gasteiger partial charge on any atom is -0.493 e. The molecule has 2 aromatic heterocycles. The molecule has 148 valence electrons. The number of hydrogen-bond donors (Lipinski definition) is 1. The van der Waals surface area contributed by atoms with Gasteiger partial charge in [0, 0.05) is 13.0 Å². The van der Waals surface area contributed by atoms with Crippen LogP contribution in [0.1, 0.15) is 37.4 Å². The number of rotatable bonds is 4. The first kappa shape index (κ1) is 19.3. The molecule has 1 aliphatic rings. The molecule has 2 aromatic rings. The molecule has 2 heterocycles. The number of halogens is 3. The standard InChI is InChI=1S/C16H19F3N4O4/c1-26-14(25)15(27-2)5-3-9(4-6-15)11-21-12-10(13(24)22-11)7-20-23(12)8-16(17,18)19/h7,9H,3-6,8H2,1-2H3,(H,21,22,24). The van der Waals surface area contributed by atoms with Gasteiger partial charge in [-0.15, -0.1) is 0 Å². The Bertz CT molecular complexity index is 844. The van der Waals surface area contributed by atoms with Gasteiger partial charge in [-0.1, -0.05) is 0 Å². The van der Waals surface area contributed by atoms with Crippen LogP contribution in [0.3, 0.4) is 0 Å². The molecular formula is C16H19F3N4O4. The summed E-state index contributed by atoms with van der Waals surface area (Å²) in [5, 5.41) is 13.8. The van der Waals surface area contributed by atoms with Crippen molar-refractivity contribution in [2.75, 3.05) is 14.2 Å². The summed E-state index contributed by atoms with van der Waals surface area (Å²) >= 11 is 0. The van der Waals surface area contributed by atoms with E-state index in [0.717, 1.165) is 6.20 Å². The molecule has 1 fully saturated rings. The molecule has 0 unspecified atom stereocenters. The number of carbonyl (C=O) groups is 1. The van der Waals surface area contributed by atoms with E-state index in [9.17, 15) is 23.1 Å².